The first kappa shape index (κ1) is 36.1. The van der Waals surface area contributed by atoms with E-state index in [0.29, 0.717) is 80.1 Å². The lowest BCUT2D eigenvalue weighted by atomic mass is 9.97. The molecule has 14 nitrogen and oxygen atoms in total. The van der Waals surface area contributed by atoms with E-state index in [1.807, 2.05) is 13.0 Å². The highest BCUT2D eigenvalue weighted by atomic mass is 16.6. The van der Waals surface area contributed by atoms with Crippen LogP contribution in [-0.4, -0.2) is 110 Å². The Hall–Kier alpha value is -5.24. The number of nitrogens with zero attached hydrogens (tertiary/aromatic N) is 5. The lowest BCUT2D eigenvalue weighted by Gasteiger charge is -2.36. The number of ether oxygens (including phenoxy) is 5. The molecule has 0 saturated carbocycles. The Morgan fingerprint density at radius 1 is 0.981 bits per heavy atom. The summed E-state index contributed by atoms with van der Waals surface area (Å²) < 4.78 is 29.0. The van der Waals surface area contributed by atoms with Gasteiger partial charge < -0.3 is 43.8 Å². The lowest BCUT2D eigenvalue weighted by molar-refractivity contribution is -0.122. The van der Waals surface area contributed by atoms with Gasteiger partial charge in [0, 0.05) is 62.0 Å². The zero-order chi connectivity index (χ0) is 36.9. The first-order valence-electron chi connectivity index (χ1n) is 18.4. The molecule has 1 atom stereocenters. The van der Waals surface area contributed by atoms with Gasteiger partial charge in [-0.3, -0.25) is 14.5 Å². The summed E-state index contributed by atoms with van der Waals surface area (Å²) in [6, 6.07) is 9.41. The molecule has 1 saturated heterocycles. The summed E-state index contributed by atoms with van der Waals surface area (Å²) in [6.07, 6.45) is 5.12. The third-order valence-electron chi connectivity index (χ3n) is 10.4. The predicted molar refractivity (Wildman–Crippen MR) is 199 cm³/mol. The summed E-state index contributed by atoms with van der Waals surface area (Å²) in [5.74, 6) is 3.30. The van der Waals surface area contributed by atoms with Crippen LogP contribution in [0.4, 0.5) is 5.82 Å². The normalized spacial score (nSPS) is 18.6. The topological polar surface area (TPSA) is 144 Å². The molecule has 0 radical (unpaired) electrons. The number of fused-ring (bicyclic) bond motifs is 6. The molecule has 3 aliphatic heterocycles. The first-order chi connectivity index (χ1) is 25.9. The summed E-state index contributed by atoms with van der Waals surface area (Å²) in [6.45, 7) is 7.22. The van der Waals surface area contributed by atoms with Gasteiger partial charge in [0.25, 0.3) is 5.91 Å². The van der Waals surface area contributed by atoms with Crippen LogP contribution in [0.2, 0.25) is 0 Å². The van der Waals surface area contributed by atoms with Crippen molar-refractivity contribution in [3.8, 4) is 28.7 Å². The molecule has 2 aromatic carbocycles. The number of pyridine rings is 1. The zero-order valence-electron chi connectivity index (χ0n) is 31.0. The number of benzene rings is 2. The van der Waals surface area contributed by atoms with Crippen molar-refractivity contribution in [2.24, 2.45) is 5.92 Å². The summed E-state index contributed by atoms with van der Waals surface area (Å²) in [5.41, 5.74) is 4.21. The maximum absolute atomic E-state index is 14.1. The van der Waals surface area contributed by atoms with Crippen LogP contribution in [0, 0.1) is 12.8 Å². The Kier molecular flexibility index (Phi) is 11.0. The highest BCUT2D eigenvalue weighted by Crippen LogP contribution is 2.44. The SMILES string of the molecule is COc1cc2nc3c(cc2c(OC)c1OC)CN(Cc1nc[nH]c1C)CCCCN(C(=O)c1cccc2c1OCCO2)CC(=O)NCC1CCCN3C1. The van der Waals surface area contributed by atoms with Gasteiger partial charge in [0.1, 0.15) is 19.0 Å². The van der Waals surface area contributed by atoms with Crippen LogP contribution in [0.5, 0.6) is 28.7 Å². The standard InChI is InChI=1S/C39H49N7O7/c1-25-31(42-24-41-25)22-44-12-5-6-13-46(39(48)28-10-7-11-32-35(28)53-16-15-52-32)23-34(47)40-19-26-9-8-14-45(20-26)38-27(21-44)17-29-30(43-38)18-33(49-2)37(51-4)36(29)50-3/h7,10-11,17-18,24,26H,5-6,8-9,12-16,19-23H2,1-4H3,(H,40,47)(H,41,42). The molecule has 1 unspecified atom stereocenters. The van der Waals surface area contributed by atoms with E-state index in [9.17, 15) is 9.59 Å². The van der Waals surface area contributed by atoms with Gasteiger partial charge in [-0.2, -0.15) is 0 Å². The van der Waals surface area contributed by atoms with Crippen LogP contribution in [0.1, 0.15) is 53.0 Å². The van der Waals surface area contributed by atoms with Gasteiger partial charge in [-0.05, 0) is 63.3 Å². The summed E-state index contributed by atoms with van der Waals surface area (Å²) in [5, 5.41) is 3.99. The summed E-state index contributed by atoms with van der Waals surface area (Å²) >= 11 is 0. The molecule has 3 aliphatic rings. The molecule has 2 N–H and O–H groups in total. The van der Waals surface area contributed by atoms with Crippen molar-refractivity contribution in [2.75, 3.05) is 78.7 Å². The molecule has 53 heavy (non-hydrogen) atoms. The van der Waals surface area contributed by atoms with Crippen molar-refractivity contribution in [2.45, 2.75) is 45.7 Å². The number of hydrogen-bond acceptors (Lipinski definition) is 11. The molecule has 14 heteroatoms. The maximum Gasteiger partial charge on any atom is 0.258 e. The van der Waals surface area contributed by atoms with Gasteiger partial charge in [-0.1, -0.05) is 6.07 Å². The predicted octanol–water partition coefficient (Wildman–Crippen LogP) is 4.33. The summed E-state index contributed by atoms with van der Waals surface area (Å²) in [7, 11) is 4.85. The molecular weight excluding hydrogens is 678 g/mol. The molecule has 1 fully saturated rings. The van der Waals surface area contributed by atoms with Gasteiger partial charge >= 0.3 is 0 Å². The number of methoxy groups -OCH3 is 3. The van der Waals surface area contributed by atoms with E-state index in [1.165, 1.54) is 0 Å². The average molecular weight is 728 g/mol. The van der Waals surface area contributed by atoms with Crippen molar-refractivity contribution >= 4 is 28.5 Å². The number of aryl methyl sites for hydroxylation is 1. The maximum atomic E-state index is 14.1. The minimum Gasteiger partial charge on any atom is -0.493 e. The second-order valence-corrected chi connectivity index (χ2v) is 13.9. The molecule has 0 aliphatic carbocycles. The molecular formula is C39H49N7O7. The molecule has 2 amide bonds. The fraction of sp³-hybridized carbons (Fsp3) is 0.487. The Labute approximate surface area is 309 Å². The van der Waals surface area contributed by atoms with Crippen LogP contribution in [0.3, 0.4) is 0 Å². The number of carbonyl (C=O) groups excluding carboxylic acids is 2. The second kappa shape index (κ2) is 16.2. The number of aromatic amines is 1. The van der Waals surface area contributed by atoms with E-state index in [2.05, 4.69) is 31.2 Å². The third kappa shape index (κ3) is 7.78. The van der Waals surface area contributed by atoms with Crippen molar-refractivity contribution in [1.82, 2.24) is 30.1 Å². The van der Waals surface area contributed by atoms with Crippen LogP contribution >= 0.6 is 0 Å². The van der Waals surface area contributed by atoms with Gasteiger partial charge in [0.2, 0.25) is 11.7 Å². The zero-order valence-corrected chi connectivity index (χ0v) is 31.0. The smallest absolute Gasteiger partial charge is 0.258 e. The largest absolute Gasteiger partial charge is 0.493 e. The number of piperidine rings is 1. The molecule has 7 rings (SSSR count). The molecule has 282 valence electrons. The van der Waals surface area contributed by atoms with E-state index in [4.69, 9.17) is 28.7 Å². The van der Waals surface area contributed by atoms with Crippen LogP contribution in [-0.2, 0) is 17.9 Å². The Morgan fingerprint density at radius 3 is 2.60 bits per heavy atom. The number of para-hydroxylation sites is 1. The average Bonchev–Trinajstić information content (AvgIpc) is 3.59. The number of amides is 2. The van der Waals surface area contributed by atoms with E-state index in [-0.39, 0.29) is 24.3 Å². The Balaban J connectivity index is 1.24. The van der Waals surface area contributed by atoms with Gasteiger partial charge in [0.05, 0.1) is 51.0 Å². The van der Waals surface area contributed by atoms with E-state index in [0.717, 1.165) is 72.6 Å². The van der Waals surface area contributed by atoms with Crippen LogP contribution in [0.25, 0.3) is 10.9 Å². The quantitative estimate of drug-likeness (QED) is 0.293. The van der Waals surface area contributed by atoms with Gasteiger partial charge in [-0.25, -0.2) is 9.97 Å². The van der Waals surface area contributed by atoms with E-state index in [1.54, 1.807) is 50.8 Å². The van der Waals surface area contributed by atoms with Crippen molar-refractivity contribution in [3.05, 3.63) is 59.2 Å². The molecule has 0 spiro atoms. The number of carbonyl (C=O) groups is 2. The molecule has 2 aromatic heterocycles. The lowest BCUT2D eigenvalue weighted by Crippen LogP contribution is -2.45. The monoisotopic (exact) mass is 727 g/mol. The fourth-order valence-corrected chi connectivity index (χ4v) is 7.64. The number of anilines is 1. The van der Waals surface area contributed by atoms with Crippen molar-refractivity contribution in [3.63, 3.8) is 0 Å². The number of nitrogens with one attached hydrogen (secondary N) is 2. The van der Waals surface area contributed by atoms with Gasteiger partial charge in [0.15, 0.2) is 23.0 Å². The van der Waals surface area contributed by atoms with Crippen molar-refractivity contribution < 1.29 is 33.3 Å². The van der Waals surface area contributed by atoms with Crippen LogP contribution in [0.15, 0.2) is 36.7 Å². The molecule has 5 heterocycles. The minimum atomic E-state index is -0.246. The van der Waals surface area contributed by atoms with Crippen molar-refractivity contribution in [1.29, 1.82) is 0 Å². The number of aromatic nitrogens is 3. The second-order valence-electron chi connectivity index (χ2n) is 13.9. The van der Waals surface area contributed by atoms with Gasteiger partial charge in [-0.15, -0.1) is 0 Å². The number of rotatable bonds is 6. The number of hydrogen-bond donors (Lipinski definition) is 2. The third-order valence-corrected chi connectivity index (χ3v) is 10.4. The van der Waals surface area contributed by atoms with E-state index >= 15 is 0 Å². The number of imidazole rings is 1. The summed E-state index contributed by atoms with van der Waals surface area (Å²) in [4.78, 5) is 47.1. The Bertz CT molecular complexity index is 1950. The minimum absolute atomic E-state index is 0.0422. The Morgan fingerprint density at radius 2 is 1.81 bits per heavy atom. The van der Waals surface area contributed by atoms with Crippen LogP contribution < -0.4 is 33.9 Å². The van der Waals surface area contributed by atoms with E-state index < -0.39 is 0 Å². The highest BCUT2D eigenvalue weighted by molar-refractivity contribution is 5.99. The number of H-pyrrole nitrogens is 1. The first-order valence-corrected chi connectivity index (χ1v) is 18.4. The molecule has 2 bridgehead atoms. The fourth-order valence-electron chi connectivity index (χ4n) is 7.64. The highest BCUT2D eigenvalue weighted by Gasteiger charge is 2.29. The molecule has 4 aromatic rings.